The van der Waals surface area contributed by atoms with Gasteiger partial charge in [0, 0.05) is 18.6 Å². The Morgan fingerprint density at radius 3 is 3.15 bits per heavy atom. The number of nitrogens with zero attached hydrogens (tertiary/aromatic N) is 3. The fourth-order valence-corrected chi connectivity index (χ4v) is 1.22. The van der Waals surface area contributed by atoms with Crippen LogP contribution in [0.3, 0.4) is 0 Å². The summed E-state index contributed by atoms with van der Waals surface area (Å²) in [5.41, 5.74) is 2.26. The molecule has 3 heteroatoms. The monoisotopic (exact) mass is 169 g/mol. The van der Waals surface area contributed by atoms with Gasteiger partial charge in [-0.15, -0.1) is 0 Å². The zero-order valence-electron chi connectivity index (χ0n) is 6.94. The SMILES string of the molecule is [C-]#[N+]c1cn2ccnc2cc1C=C. The second-order valence-electron chi connectivity index (χ2n) is 2.62. The van der Waals surface area contributed by atoms with Gasteiger partial charge < -0.3 is 4.40 Å². The lowest BCUT2D eigenvalue weighted by molar-refractivity contribution is 1.19. The largest absolute Gasteiger partial charge is 0.317 e. The summed E-state index contributed by atoms with van der Waals surface area (Å²) in [5, 5.41) is 0. The maximum atomic E-state index is 6.96. The fourth-order valence-electron chi connectivity index (χ4n) is 1.22. The topological polar surface area (TPSA) is 21.7 Å². The van der Waals surface area contributed by atoms with E-state index in [0.29, 0.717) is 5.69 Å². The molecule has 0 saturated heterocycles. The smallest absolute Gasteiger partial charge is 0.210 e. The summed E-state index contributed by atoms with van der Waals surface area (Å²) >= 11 is 0. The highest BCUT2D eigenvalue weighted by molar-refractivity contribution is 5.69. The van der Waals surface area contributed by atoms with Crippen molar-refractivity contribution in [2.45, 2.75) is 0 Å². The maximum absolute atomic E-state index is 6.96. The third-order valence-corrected chi connectivity index (χ3v) is 1.88. The van der Waals surface area contributed by atoms with Crippen molar-refractivity contribution in [3.8, 4) is 0 Å². The van der Waals surface area contributed by atoms with Crippen LogP contribution in [-0.4, -0.2) is 9.38 Å². The Hall–Kier alpha value is -2.08. The summed E-state index contributed by atoms with van der Waals surface area (Å²) in [6.45, 7) is 10.6. The Kier molecular flexibility index (Phi) is 1.60. The maximum Gasteiger partial charge on any atom is 0.210 e. The summed E-state index contributed by atoms with van der Waals surface area (Å²) in [4.78, 5) is 7.52. The van der Waals surface area contributed by atoms with E-state index in [1.165, 1.54) is 0 Å². The molecule has 13 heavy (non-hydrogen) atoms. The van der Waals surface area contributed by atoms with Crippen molar-refractivity contribution in [2.75, 3.05) is 0 Å². The van der Waals surface area contributed by atoms with Crippen LogP contribution in [0.1, 0.15) is 5.56 Å². The Morgan fingerprint density at radius 1 is 1.62 bits per heavy atom. The minimum Gasteiger partial charge on any atom is -0.317 e. The van der Waals surface area contributed by atoms with E-state index >= 15 is 0 Å². The van der Waals surface area contributed by atoms with Gasteiger partial charge in [0.25, 0.3) is 0 Å². The molecular weight excluding hydrogens is 162 g/mol. The van der Waals surface area contributed by atoms with Gasteiger partial charge in [0.1, 0.15) is 5.65 Å². The lowest BCUT2D eigenvalue weighted by Crippen LogP contribution is -1.83. The lowest BCUT2D eigenvalue weighted by Gasteiger charge is -1.98. The molecule has 2 heterocycles. The highest BCUT2D eigenvalue weighted by Crippen LogP contribution is 2.21. The van der Waals surface area contributed by atoms with Gasteiger partial charge in [-0.1, -0.05) is 12.7 Å². The first kappa shape index (κ1) is 7.56. The van der Waals surface area contributed by atoms with Crippen molar-refractivity contribution in [1.29, 1.82) is 0 Å². The molecule has 62 valence electrons. The number of pyridine rings is 1. The molecule has 0 saturated carbocycles. The third kappa shape index (κ3) is 1.09. The molecule has 2 aromatic rings. The molecular formula is C10H7N3. The summed E-state index contributed by atoms with van der Waals surface area (Å²) in [7, 11) is 0. The van der Waals surface area contributed by atoms with Crippen LogP contribution in [0, 0.1) is 6.57 Å². The van der Waals surface area contributed by atoms with Gasteiger partial charge in [-0.25, -0.2) is 9.83 Å². The average molecular weight is 169 g/mol. The number of fused-ring (bicyclic) bond motifs is 1. The van der Waals surface area contributed by atoms with E-state index < -0.39 is 0 Å². The highest BCUT2D eigenvalue weighted by atomic mass is 15.0. The predicted octanol–water partition coefficient (Wildman–Crippen LogP) is 2.53. The van der Waals surface area contributed by atoms with Crippen molar-refractivity contribution < 1.29 is 0 Å². The first-order chi connectivity index (χ1) is 6.35. The van der Waals surface area contributed by atoms with E-state index in [0.717, 1.165) is 11.2 Å². The first-order valence-corrected chi connectivity index (χ1v) is 3.82. The number of rotatable bonds is 1. The molecule has 0 radical (unpaired) electrons. The van der Waals surface area contributed by atoms with Crippen LogP contribution in [0.2, 0.25) is 0 Å². The molecule has 0 fully saturated rings. The average Bonchev–Trinajstić information content (AvgIpc) is 2.62. The molecule has 0 aromatic carbocycles. The summed E-state index contributed by atoms with van der Waals surface area (Å²) < 4.78 is 1.82. The second-order valence-corrected chi connectivity index (χ2v) is 2.62. The van der Waals surface area contributed by atoms with E-state index in [1.807, 2.05) is 16.7 Å². The second kappa shape index (κ2) is 2.76. The summed E-state index contributed by atoms with van der Waals surface area (Å²) in [6.07, 6.45) is 6.95. The zero-order chi connectivity index (χ0) is 9.26. The van der Waals surface area contributed by atoms with Crippen LogP contribution in [0.4, 0.5) is 5.69 Å². The molecule has 0 aliphatic carbocycles. The Bertz CT molecular complexity index is 502. The van der Waals surface area contributed by atoms with Crippen molar-refractivity contribution in [3.63, 3.8) is 0 Å². The summed E-state index contributed by atoms with van der Waals surface area (Å²) in [5.74, 6) is 0. The molecule has 2 aromatic heterocycles. The van der Waals surface area contributed by atoms with Crippen LogP contribution in [-0.2, 0) is 0 Å². The fraction of sp³-hybridized carbons (Fsp3) is 0. The normalized spacial score (nSPS) is 9.77. The third-order valence-electron chi connectivity index (χ3n) is 1.88. The lowest BCUT2D eigenvalue weighted by atomic mass is 10.2. The quantitative estimate of drug-likeness (QED) is 0.601. The predicted molar refractivity (Wildman–Crippen MR) is 51.5 cm³/mol. The first-order valence-electron chi connectivity index (χ1n) is 3.82. The van der Waals surface area contributed by atoms with Crippen LogP contribution in [0.25, 0.3) is 16.6 Å². The Morgan fingerprint density at radius 2 is 2.46 bits per heavy atom. The molecule has 0 aliphatic heterocycles. The number of aromatic nitrogens is 2. The molecule has 0 bridgehead atoms. The van der Waals surface area contributed by atoms with Gasteiger partial charge in [0.15, 0.2) is 0 Å². The van der Waals surface area contributed by atoms with Gasteiger partial charge >= 0.3 is 0 Å². The molecule has 0 atom stereocenters. The van der Waals surface area contributed by atoms with E-state index in [-0.39, 0.29) is 0 Å². The van der Waals surface area contributed by atoms with E-state index in [2.05, 4.69) is 16.4 Å². The molecule has 0 aliphatic rings. The molecule has 0 N–H and O–H groups in total. The van der Waals surface area contributed by atoms with Crippen molar-refractivity contribution in [2.24, 2.45) is 0 Å². The van der Waals surface area contributed by atoms with Gasteiger partial charge in [-0.05, 0) is 11.6 Å². The highest BCUT2D eigenvalue weighted by Gasteiger charge is 2.01. The summed E-state index contributed by atoms with van der Waals surface area (Å²) in [6, 6.07) is 1.85. The molecule has 0 unspecified atom stereocenters. The standard InChI is InChI=1S/C10H7N3/c1-3-8-6-10-12-4-5-13(10)7-9(8)11-2/h3-7H,1H2. The Labute approximate surface area is 75.8 Å². The molecule has 3 nitrogen and oxygen atoms in total. The molecule has 2 rings (SSSR count). The number of imidazole rings is 1. The van der Waals surface area contributed by atoms with Crippen LogP contribution in [0.15, 0.2) is 31.2 Å². The van der Waals surface area contributed by atoms with Crippen LogP contribution >= 0.6 is 0 Å². The molecule has 0 spiro atoms. The van der Waals surface area contributed by atoms with Gasteiger partial charge in [-0.2, -0.15) is 0 Å². The molecule has 0 amide bonds. The Balaban J connectivity index is 2.83. The zero-order valence-corrected chi connectivity index (χ0v) is 6.94. The minimum atomic E-state index is 0.598. The van der Waals surface area contributed by atoms with Crippen molar-refractivity contribution >= 4 is 17.4 Å². The van der Waals surface area contributed by atoms with E-state index in [4.69, 9.17) is 6.57 Å². The van der Waals surface area contributed by atoms with Crippen LogP contribution < -0.4 is 0 Å². The van der Waals surface area contributed by atoms with Gasteiger partial charge in [-0.3, -0.25) is 0 Å². The number of hydrogen-bond acceptors (Lipinski definition) is 1. The van der Waals surface area contributed by atoms with E-state index in [9.17, 15) is 0 Å². The van der Waals surface area contributed by atoms with Crippen molar-refractivity contribution in [1.82, 2.24) is 9.38 Å². The van der Waals surface area contributed by atoms with E-state index in [1.54, 1.807) is 18.5 Å². The number of hydrogen-bond donors (Lipinski definition) is 0. The minimum absolute atomic E-state index is 0.598. The van der Waals surface area contributed by atoms with Crippen molar-refractivity contribution in [3.05, 3.63) is 48.2 Å². The van der Waals surface area contributed by atoms with Crippen LogP contribution in [0.5, 0.6) is 0 Å². The van der Waals surface area contributed by atoms with Gasteiger partial charge in [0.05, 0.1) is 6.57 Å². The van der Waals surface area contributed by atoms with Gasteiger partial charge in [0.2, 0.25) is 5.69 Å².